The number of carbonyl (C=O) groups excluding carboxylic acids is 2. The van der Waals surface area contributed by atoms with E-state index in [1.54, 1.807) is 79.3 Å². The highest BCUT2D eigenvalue weighted by Gasteiger charge is 2.36. The molecule has 6 nitrogen and oxygen atoms in total. The van der Waals surface area contributed by atoms with Crippen molar-refractivity contribution in [2.24, 2.45) is 0 Å². The molecule has 1 fully saturated rings. The van der Waals surface area contributed by atoms with Crippen LogP contribution in [-0.4, -0.2) is 60.5 Å². The number of benzene rings is 2. The van der Waals surface area contributed by atoms with Crippen molar-refractivity contribution in [1.29, 1.82) is 0 Å². The fourth-order valence-electron chi connectivity index (χ4n) is 3.25. The average molecular weight is 417 g/mol. The summed E-state index contributed by atoms with van der Waals surface area (Å²) in [6.45, 7) is 5.39. The van der Waals surface area contributed by atoms with Crippen LogP contribution in [0.5, 0.6) is 11.5 Å². The molecular weight excluding hydrogens is 392 g/mol. The quantitative estimate of drug-likeness (QED) is 0.748. The van der Waals surface area contributed by atoms with Gasteiger partial charge < -0.3 is 19.3 Å². The van der Waals surface area contributed by atoms with Crippen LogP contribution in [0.15, 0.2) is 48.5 Å². The molecule has 0 unspecified atom stereocenters. The highest BCUT2D eigenvalue weighted by atomic mass is 35.5. The number of rotatable bonds is 5. The minimum Gasteiger partial charge on any atom is -0.497 e. The van der Waals surface area contributed by atoms with E-state index in [0.29, 0.717) is 48.3 Å². The largest absolute Gasteiger partial charge is 0.497 e. The number of halogens is 1. The standard InChI is InChI=1S/C22H25ClN2O4/c1-22(2,29-19-10-6-17(23)7-11-19)21(27)25-14-12-24(13-15-25)20(26)16-4-8-18(28-3)9-5-16/h4-11H,12-15H2,1-3H3. The Morgan fingerprint density at radius 2 is 1.38 bits per heavy atom. The van der Waals surface area contributed by atoms with Crippen LogP contribution in [0.25, 0.3) is 0 Å². The summed E-state index contributed by atoms with van der Waals surface area (Å²) in [5.41, 5.74) is -0.410. The van der Waals surface area contributed by atoms with Crippen molar-refractivity contribution in [3.05, 3.63) is 59.1 Å². The second kappa shape index (κ2) is 8.74. The number of nitrogens with zero attached hydrogens (tertiary/aromatic N) is 2. The van der Waals surface area contributed by atoms with Crippen molar-refractivity contribution in [1.82, 2.24) is 9.80 Å². The summed E-state index contributed by atoms with van der Waals surface area (Å²) in [7, 11) is 1.59. The van der Waals surface area contributed by atoms with E-state index in [1.165, 1.54) is 0 Å². The molecule has 1 aliphatic rings. The number of hydrogen-bond donors (Lipinski definition) is 0. The molecule has 7 heteroatoms. The molecule has 1 heterocycles. The minimum atomic E-state index is -1.02. The van der Waals surface area contributed by atoms with Gasteiger partial charge in [-0.15, -0.1) is 0 Å². The van der Waals surface area contributed by atoms with Crippen molar-refractivity contribution in [2.45, 2.75) is 19.4 Å². The third-order valence-electron chi connectivity index (χ3n) is 4.89. The maximum atomic E-state index is 13.0. The predicted octanol–water partition coefficient (Wildman–Crippen LogP) is 3.49. The van der Waals surface area contributed by atoms with E-state index < -0.39 is 5.60 Å². The summed E-state index contributed by atoms with van der Waals surface area (Å²) >= 11 is 5.90. The molecule has 1 aliphatic heterocycles. The number of ether oxygens (including phenoxy) is 2. The Morgan fingerprint density at radius 1 is 0.862 bits per heavy atom. The van der Waals surface area contributed by atoms with Crippen LogP contribution in [0.2, 0.25) is 5.02 Å². The van der Waals surface area contributed by atoms with Gasteiger partial charge in [0.05, 0.1) is 7.11 Å². The third kappa shape index (κ3) is 5.01. The Labute approximate surface area is 176 Å². The highest BCUT2D eigenvalue weighted by molar-refractivity contribution is 6.30. The van der Waals surface area contributed by atoms with E-state index in [-0.39, 0.29) is 11.8 Å². The minimum absolute atomic E-state index is 0.0450. The van der Waals surface area contributed by atoms with Crippen LogP contribution >= 0.6 is 11.6 Å². The van der Waals surface area contributed by atoms with E-state index in [0.717, 1.165) is 0 Å². The lowest BCUT2D eigenvalue weighted by molar-refractivity contribution is -0.147. The van der Waals surface area contributed by atoms with Crippen LogP contribution in [0.1, 0.15) is 24.2 Å². The molecule has 0 radical (unpaired) electrons. The third-order valence-corrected chi connectivity index (χ3v) is 5.14. The summed E-state index contributed by atoms with van der Waals surface area (Å²) in [5, 5.41) is 0.610. The normalized spacial score (nSPS) is 14.5. The topological polar surface area (TPSA) is 59.1 Å². The SMILES string of the molecule is COc1ccc(C(=O)N2CCN(C(=O)C(C)(C)Oc3ccc(Cl)cc3)CC2)cc1. The maximum absolute atomic E-state index is 13.0. The van der Waals surface area contributed by atoms with Gasteiger partial charge in [0.25, 0.3) is 11.8 Å². The number of hydrogen-bond acceptors (Lipinski definition) is 4. The molecule has 3 rings (SSSR count). The smallest absolute Gasteiger partial charge is 0.266 e. The lowest BCUT2D eigenvalue weighted by Gasteiger charge is -2.38. The van der Waals surface area contributed by atoms with E-state index in [2.05, 4.69) is 0 Å². The molecular formula is C22H25ClN2O4. The Balaban J connectivity index is 1.57. The zero-order chi connectivity index (χ0) is 21.0. The Hall–Kier alpha value is -2.73. The molecule has 2 aromatic rings. The number of amides is 2. The first-order valence-electron chi connectivity index (χ1n) is 9.47. The molecule has 29 heavy (non-hydrogen) atoms. The first-order valence-corrected chi connectivity index (χ1v) is 9.85. The van der Waals surface area contributed by atoms with E-state index in [9.17, 15) is 9.59 Å². The van der Waals surface area contributed by atoms with Gasteiger partial charge >= 0.3 is 0 Å². The van der Waals surface area contributed by atoms with E-state index >= 15 is 0 Å². The predicted molar refractivity (Wildman–Crippen MR) is 112 cm³/mol. The summed E-state index contributed by atoms with van der Waals surface area (Å²) in [4.78, 5) is 29.2. The molecule has 0 aliphatic carbocycles. The lowest BCUT2D eigenvalue weighted by atomic mass is 10.1. The molecule has 154 valence electrons. The molecule has 0 saturated carbocycles. The molecule has 2 aromatic carbocycles. The van der Waals surface area contributed by atoms with Crippen molar-refractivity contribution >= 4 is 23.4 Å². The van der Waals surface area contributed by atoms with Crippen LogP contribution in [0.4, 0.5) is 0 Å². The Morgan fingerprint density at radius 3 is 1.93 bits per heavy atom. The molecule has 0 spiro atoms. The fraction of sp³-hybridized carbons (Fsp3) is 0.364. The second-order valence-corrected chi connectivity index (χ2v) is 7.82. The monoisotopic (exact) mass is 416 g/mol. The summed E-state index contributed by atoms with van der Waals surface area (Å²) in [5.74, 6) is 1.14. The molecule has 0 atom stereocenters. The summed E-state index contributed by atoms with van der Waals surface area (Å²) < 4.78 is 11.0. The zero-order valence-electron chi connectivity index (χ0n) is 16.9. The van der Waals surface area contributed by atoms with Gasteiger partial charge in [-0.05, 0) is 62.4 Å². The Bertz CT molecular complexity index is 857. The van der Waals surface area contributed by atoms with Crippen molar-refractivity contribution in [2.75, 3.05) is 33.3 Å². The van der Waals surface area contributed by atoms with Crippen LogP contribution in [-0.2, 0) is 4.79 Å². The molecule has 1 saturated heterocycles. The molecule has 2 amide bonds. The number of piperazine rings is 1. The maximum Gasteiger partial charge on any atom is 0.266 e. The van der Waals surface area contributed by atoms with Crippen LogP contribution in [0, 0.1) is 0 Å². The number of methoxy groups -OCH3 is 1. The van der Waals surface area contributed by atoms with Gasteiger partial charge in [0.15, 0.2) is 5.60 Å². The van der Waals surface area contributed by atoms with Gasteiger partial charge in [-0.3, -0.25) is 9.59 Å². The highest BCUT2D eigenvalue weighted by Crippen LogP contribution is 2.23. The van der Waals surface area contributed by atoms with Gasteiger partial charge in [-0.25, -0.2) is 0 Å². The molecule has 0 N–H and O–H groups in total. The molecule has 0 aromatic heterocycles. The lowest BCUT2D eigenvalue weighted by Crippen LogP contribution is -2.56. The summed E-state index contributed by atoms with van der Waals surface area (Å²) in [6, 6.07) is 14.0. The van der Waals surface area contributed by atoms with Crippen molar-refractivity contribution in [3.63, 3.8) is 0 Å². The zero-order valence-corrected chi connectivity index (χ0v) is 17.6. The van der Waals surface area contributed by atoms with Gasteiger partial charge in [-0.2, -0.15) is 0 Å². The average Bonchev–Trinajstić information content (AvgIpc) is 2.74. The van der Waals surface area contributed by atoms with Gasteiger partial charge in [0, 0.05) is 36.8 Å². The van der Waals surface area contributed by atoms with Crippen molar-refractivity contribution in [3.8, 4) is 11.5 Å². The second-order valence-electron chi connectivity index (χ2n) is 7.38. The van der Waals surface area contributed by atoms with Gasteiger partial charge in [0.1, 0.15) is 11.5 Å². The first-order chi connectivity index (χ1) is 13.8. The molecule has 0 bridgehead atoms. The fourth-order valence-corrected chi connectivity index (χ4v) is 3.38. The number of carbonyl (C=O) groups is 2. The Kier molecular flexibility index (Phi) is 6.33. The van der Waals surface area contributed by atoms with E-state index in [4.69, 9.17) is 21.1 Å². The van der Waals surface area contributed by atoms with Crippen LogP contribution in [0.3, 0.4) is 0 Å². The van der Waals surface area contributed by atoms with Crippen molar-refractivity contribution < 1.29 is 19.1 Å². The van der Waals surface area contributed by atoms with E-state index in [1.807, 2.05) is 0 Å². The summed E-state index contributed by atoms with van der Waals surface area (Å²) in [6.07, 6.45) is 0. The van der Waals surface area contributed by atoms with Gasteiger partial charge in [-0.1, -0.05) is 11.6 Å². The first kappa shape index (κ1) is 21.0. The van der Waals surface area contributed by atoms with Gasteiger partial charge in [0.2, 0.25) is 0 Å². The van der Waals surface area contributed by atoms with Crippen LogP contribution < -0.4 is 9.47 Å².